The van der Waals surface area contributed by atoms with Gasteiger partial charge in [-0.2, -0.15) is 0 Å². The van der Waals surface area contributed by atoms with Gasteiger partial charge in [0.1, 0.15) is 6.04 Å². The average molecular weight is 325 g/mol. The van der Waals surface area contributed by atoms with Crippen LogP contribution in [0.3, 0.4) is 0 Å². The fraction of sp³-hybridized carbons (Fsp3) is 0.381. The van der Waals surface area contributed by atoms with Crippen molar-refractivity contribution < 1.29 is 9.90 Å². The summed E-state index contributed by atoms with van der Waals surface area (Å²) in [5.74, 6) is -0.768. The van der Waals surface area contributed by atoms with Crippen LogP contribution in [0.1, 0.15) is 42.9 Å². The molecule has 24 heavy (non-hydrogen) atoms. The number of carboxylic acid groups (broad SMARTS) is 1. The predicted octanol–water partition coefficient (Wildman–Crippen LogP) is 4.70. The van der Waals surface area contributed by atoms with Crippen molar-refractivity contribution in [1.82, 2.24) is 5.32 Å². The zero-order valence-electron chi connectivity index (χ0n) is 14.8. The Morgan fingerprint density at radius 3 is 2.21 bits per heavy atom. The second kappa shape index (κ2) is 8.65. The van der Waals surface area contributed by atoms with E-state index in [9.17, 15) is 9.90 Å². The molecule has 0 spiro atoms. The third-order valence-electron chi connectivity index (χ3n) is 4.21. The molecule has 0 unspecified atom stereocenters. The van der Waals surface area contributed by atoms with Crippen LogP contribution >= 0.6 is 0 Å². The third-order valence-corrected chi connectivity index (χ3v) is 4.21. The Bertz CT molecular complexity index is 656. The first kappa shape index (κ1) is 18.2. The zero-order valence-corrected chi connectivity index (χ0v) is 14.8. The molecule has 0 fully saturated rings. The second-order valence-electron chi connectivity index (χ2n) is 6.49. The van der Waals surface area contributed by atoms with Crippen LogP contribution in [-0.4, -0.2) is 17.1 Å². The number of nitrogens with one attached hydrogen (secondary N) is 1. The van der Waals surface area contributed by atoms with Crippen LogP contribution in [0.25, 0.3) is 11.1 Å². The van der Waals surface area contributed by atoms with Gasteiger partial charge in [-0.1, -0.05) is 73.4 Å². The van der Waals surface area contributed by atoms with E-state index >= 15 is 0 Å². The first-order chi connectivity index (χ1) is 11.5. The molecule has 0 aromatic heterocycles. The monoisotopic (exact) mass is 325 g/mol. The standard InChI is InChI=1S/C21H27NO2/c1-4-5-6-20(21(23)24)22-14-17-7-9-18(10-8-17)19-12-15(2)11-16(3)13-19/h7-13,20,22H,4-6,14H2,1-3H3,(H,23,24)/t20-/m0/s1. The lowest BCUT2D eigenvalue weighted by molar-refractivity contribution is -0.139. The number of hydrogen-bond acceptors (Lipinski definition) is 2. The summed E-state index contributed by atoms with van der Waals surface area (Å²) in [7, 11) is 0. The fourth-order valence-electron chi connectivity index (χ4n) is 2.92. The van der Waals surface area contributed by atoms with Gasteiger partial charge in [-0.15, -0.1) is 0 Å². The molecule has 0 aliphatic carbocycles. The van der Waals surface area contributed by atoms with Gasteiger partial charge in [0, 0.05) is 6.54 Å². The molecule has 2 N–H and O–H groups in total. The first-order valence-electron chi connectivity index (χ1n) is 8.63. The number of aliphatic carboxylic acids is 1. The van der Waals surface area contributed by atoms with Crippen molar-refractivity contribution in [3.05, 3.63) is 59.2 Å². The molecule has 0 heterocycles. The minimum atomic E-state index is -0.768. The Morgan fingerprint density at radius 1 is 1.04 bits per heavy atom. The van der Waals surface area contributed by atoms with Crippen LogP contribution in [0.15, 0.2) is 42.5 Å². The van der Waals surface area contributed by atoms with E-state index in [4.69, 9.17) is 0 Å². The van der Waals surface area contributed by atoms with Gasteiger partial charge in [0.2, 0.25) is 0 Å². The quantitative estimate of drug-likeness (QED) is 0.739. The van der Waals surface area contributed by atoms with Gasteiger partial charge in [0.05, 0.1) is 0 Å². The summed E-state index contributed by atoms with van der Waals surface area (Å²) in [4.78, 5) is 11.3. The Balaban J connectivity index is 2.02. The van der Waals surface area contributed by atoms with Crippen LogP contribution in [0.5, 0.6) is 0 Å². The van der Waals surface area contributed by atoms with E-state index in [-0.39, 0.29) is 0 Å². The number of carboxylic acids is 1. The molecule has 3 nitrogen and oxygen atoms in total. The Kier molecular flexibility index (Phi) is 6.56. The maximum Gasteiger partial charge on any atom is 0.320 e. The van der Waals surface area contributed by atoms with E-state index in [1.54, 1.807) is 0 Å². The van der Waals surface area contributed by atoms with Crippen LogP contribution in [0, 0.1) is 13.8 Å². The van der Waals surface area contributed by atoms with Crippen LogP contribution < -0.4 is 5.32 Å². The lowest BCUT2D eigenvalue weighted by Gasteiger charge is -2.14. The molecule has 1 atom stereocenters. The molecule has 2 rings (SSSR count). The van der Waals surface area contributed by atoms with Gasteiger partial charge in [-0.3, -0.25) is 4.79 Å². The SMILES string of the molecule is CCCC[C@H](NCc1ccc(-c2cc(C)cc(C)c2)cc1)C(=O)O. The number of unbranched alkanes of at least 4 members (excludes halogenated alkanes) is 1. The van der Waals surface area contributed by atoms with Gasteiger partial charge in [0.25, 0.3) is 0 Å². The number of benzene rings is 2. The molecular weight excluding hydrogens is 298 g/mol. The van der Waals surface area contributed by atoms with Crippen LogP contribution in [0.2, 0.25) is 0 Å². The molecule has 0 amide bonds. The van der Waals surface area contributed by atoms with Crippen molar-refractivity contribution in [1.29, 1.82) is 0 Å². The molecule has 0 aliphatic rings. The van der Waals surface area contributed by atoms with E-state index in [0.29, 0.717) is 13.0 Å². The minimum absolute atomic E-state index is 0.468. The van der Waals surface area contributed by atoms with Crippen molar-refractivity contribution in [3.63, 3.8) is 0 Å². The number of aryl methyl sites for hydroxylation is 2. The van der Waals surface area contributed by atoms with Crippen LogP contribution in [-0.2, 0) is 11.3 Å². The van der Waals surface area contributed by atoms with Crippen molar-refractivity contribution in [2.24, 2.45) is 0 Å². The normalized spacial score (nSPS) is 12.1. The summed E-state index contributed by atoms with van der Waals surface area (Å²) in [6.45, 7) is 6.87. The summed E-state index contributed by atoms with van der Waals surface area (Å²) in [6, 6.07) is 14.4. The van der Waals surface area contributed by atoms with Gasteiger partial charge < -0.3 is 10.4 Å². The van der Waals surface area contributed by atoms with E-state index < -0.39 is 12.0 Å². The minimum Gasteiger partial charge on any atom is -0.480 e. The summed E-state index contributed by atoms with van der Waals surface area (Å²) >= 11 is 0. The van der Waals surface area contributed by atoms with E-state index in [1.807, 2.05) is 0 Å². The fourth-order valence-corrected chi connectivity index (χ4v) is 2.92. The van der Waals surface area contributed by atoms with Gasteiger partial charge in [-0.25, -0.2) is 0 Å². The summed E-state index contributed by atoms with van der Waals surface area (Å²) in [5.41, 5.74) is 6.03. The maximum atomic E-state index is 11.3. The highest BCUT2D eigenvalue weighted by Crippen LogP contribution is 2.22. The summed E-state index contributed by atoms with van der Waals surface area (Å²) in [5, 5.41) is 12.4. The topological polar surface area (TPSA) is 49.3 Å². The average Bonchev–Trinajstić information content (AvgIpc) is 2.54. The van der Waals surface area contributed by atoms with Crippen molar-refractivity contribution in [2.45, 2.75) is 52.6 Å². The molecule has 128 valence electrons. The van der Waals surface area contributed by atoms with E-state index in [2.05, 4.69) is 68.6 Å². The van der Waals surface area contributed by atoms with Gasteiger partial charge in [0.15, 0.2) is 0 Å². The van der Waals surface area contributed by atoms with E-state index in [0.717, 1.165) is 18.4 Å². The van der Waals surface area contributed by atoms with Crippen LogP contribution in [0.4, 0.5) is 0 Å². The molecule has 2 aromatic rings. The number of hydrogen-bond donors (Lipinski definition) is 2. The van der Waals surface area contributed by atoms with E-state index in [1.165, 1.54) is 22.3 Å². The maximum absolute atomic E-state index is 11.3. The molecule has 0 aliphatic heterocycles. The molecule has 0 radical (unpaired) electrons. The van der Waals surface area contributed by atoms with Crippen molar-refractivity contribution in [3.8, 4) is 11.1 Å². The lowest BCUT2D eigenvalue weighted by Crippen LogP contribution is -2.36. The lowest BCUT2D eigenvalue weighted by atomic mass is 10.00. The Morgan fingerprint density at radius 2 is 1.67 bits per heavy atom. The molecule has 3 heteroatoms. The van der Waals surface area contributed by atoms with Crippen molar-refractivity contribution >= 4 is 5.97 Å². The first-order valence-corrected chi connectivity index (χ1v) is 8.63. The highest BCUT2D eigenvalue weighted by atomic mass is 16.4. The molecule has 0 bridgehead atoms. The molecule has 0 saturated carbocycles. The Labute approximate surface area is 144 Å². The third kappa shape index (κ3) is 5.20. The molecule has 2 aromatic carbocycles. The smallest absolute Gasteiger partial charge is 0.320 e. The van der Waals surface area contributed by atoms with Crippen molar-refractivity contribution in [2.75, 3.05) is 0 Å². The van der Waals surface area contributed by atoms with Gasteiger partial charge in [-0.05, 0) is 37.0 Å². The number of carbonyl (C=O) groups is 1. The van der Waals surface area contributed by atoms with Gasteiger partial charge >= 0.3 is 5.97 Å². The summed E-state index contributed by atoms with van der Waals surface area (Å²) in [6.07, 6.45) is 2.61. The zero-order chi connectivity index (χ0) is 17.5. The molecular formula is C21H27NO2. The second-order valence-corrected chi connectivity index (χ2v) is 6.49. The highest BCUT2D eigenvalue weighted by Gasteiger charge is 2.15. The summed E-state index contributed by atoms with van der Waals surface area (Å²) < 4.78 is 0. The number of rotatable bonds is 8. The largest absolute Gasteiger partial charge is 0.480 e. The highest BCUT2D eigenvalue weighted by molar-refractivity contribution is 5.73. The molecule has 0 saturated heterocycles. The Hall–Kier alpha value is -2.13. The predicted molar refractivity (Wildman–Crippen MR) is 99.1 cm³/mol.